The van der Waals surface area contributed by atoms with Gasteiger partial charge in [-0.25, -0.2) is 0 Å². The van der Waals surface area contributed by atoms with E-state index >= 15 is 0 Å². The summed E-state index contributed by atoms with van der Waals surface area (Å²) < 4.78 is 3.16. The van der Waals surface area contributed by atoms with Gasteiger partial charge in [-0.05, 0) is 36.7 Å². The van der Waals surface area contributed by atoms with Crippen LogP contribution in [0.15, 0.2) is 24.3 Å². The fourth-order valence-corrected chi connectivity index (χ4v) is 2.73. The number of nitrogens with one attached hydrogen (secondary N) is 1. The molecule has 0 saturated heterocycles. The number of aromatic amines is 1. The minimum atomic E-state index is 0.638. The fraction of sp³-hybridized carbons (Fsp3) is 0.417. The normalized spacial score (nSPS) is 24.6. The van der Waals surface area contributed by atoms with Gasteiger partial charge in [0.2, 0.25) is 0 Å². The Kier molecular flexibility index (Phi) is 1.96. The summed E-state index contributed by atoms with van der Waals surface area (Å²) in [6.07, 6.45) is 2.54. The molecular formula is C12H14N2S. The van der Waals surface area contributed by atoms with Crippen molar-refractivity contribution in [3.05, 3.63) is 29.0 Å². The van der Waals surface area contributed by atoms with Gasteiger partial charge in [-0.3, -0.25) is 0 Å². The molecule has 1 fully saturated rings. The quantitative estimate of drug-likeness (QED) is 0.763. The van der Waals surface area contributed by atoms with Crippen LogP contribution in [0.3, 0.4) is 0 Å². The predicted molar refractivity (Wildman–Crippen MR) is 64.6 cm³/mol. The number of H-pyrrole nitrogens is 1. The molecule has 1 aromatic carbocycles. The van der Waals surface area contributed by atoms with Gasteiger partial charge in [0, 0.05) is 6.04 Å². The van der Waals surface area contributed by atoms with Crippen LogP contribution in [0.1, 0.15) is 25.8 Å². The van der Waals surface area contributed by atoms with Crippen LogP contribution in [0.25, 0.3) is 11.0 Å². The molecule has 2 aromatic rings. The minimum Gasteiger partial charge on any atom is -0.331 e. The second-order valence-electron chi connectivity index (χ2n) is 4.29. The summed E-state index contributed by atoms with van der Waals surface area (Å²) in [5, 5.41) is 0. The Morgan fingerprint density at radius 3 is 3.00 bits per heavy atom. The lowest BCUT2D eigenvalue weighted by atomic mass is 10.3. The van der Waals surface area contributed by atoms with Gasteiger partial charge in [0.15, 0.2) is 4.77 Å². The van der Waals surface area contributed by atoms with Crippen molar-refractivity contribution < 1.29 is 0 Å². The highest BCUT2D eigenvalue weighted by molar-refractivity contribution is 7.71. The fourth-order valence-electron chi connectivity index (χ4n) is 2.39. The van der Waals surface area contributed by atoms with Gasteiger partial charge in [0.05, 0.1) is 11.0 Å². The molecule has 0 amide bonds. The van der Waals surface area contributed by atoms with Gasteiger partial charge < -0.3 is 9.55 Å². The molecule has 2 nitrogen and oxygen atoms in total. The first-order chi connectivity index (χ1) is 7.31. The Morgan fingerprint density at radius 1 is 1.47 bits per heavy atom. The van der Waals surface area contributed by atoms with Crippen LogP contribution in [-0.4, -0.2) is 9.55 Å². The zero-order valence-electron chi connectivity index (χ0n) is 8.73. The number of aromatic nitrogens is 2. The molecular weight excluding hydrogens is 204 g/mol. The number of hydrogen-bond acceptors (Lipinski definition) is 1. The average molecular weight is 218 g/mol. The van der Waals surface area contributed by atoms with Crippen LogP contribution in [0.5, 0.6) is 0 Å². The molecule has 1 N–H and O–H groups in total. The van der Waals surface area contributed by atoms with Crippen molar-refractivity contribution in [2.45, 2.75) is 25.8 Å². The summed E-state index contributed by atoms with van der Waals surface area (Å²) in [4.78, 5) is 3.27. The highest BCUT2D eigenvalue weighted by atomic mass is 32.1. The minimum absolute atomic E-state index is 0.638. The van der Waals surface area contributed by atoms with E-state index in [2.05, 4.69) is 34.7 Å². The Balaban J connectivity index is 2.18. The van der Waals surface area contributed by atoms with Gasteiger partial charge >= 0.3 is 0 Å². The summed E-state index contributed by atoms with van der Waals surface area (Å²) in [6.45, 7) is 2.25. The largest absolute Gasteiger partial charge is 0.331 e. The topological polar surface area (TPSA) is 20.7 Å². The maximum absolute atomic E-state index is 5.38. The van der Waals surface area contributed by atoms with E-state index in [4.69, 9.17) is 12.2 Å². The van der Waals surface area contributed by atoms with Gasteiger partial charge in [-0.2, -0.15) is 0 Å². The molecule has 78 valence electrons. The zero-order chi connectivity index (χ0) is 10.4. The van der Waals surface area contributed by atoms with E-state index < -0.39 is 0 Å². The van der Waals surface area contributed by atoms with Crippen molar-refractivity contribution in [2.75, 3.05) is 0 Å². The maximum Gasteiger partial charge on any atom is 0.178 e. The zero-order valence-corrected chi connectivity index (χ0v) is 9.55. The molecule has 3 heteroatoms. The molecule has 2 atom stereocenters. The van der Waals surface area contributed by atoms with Gasteiger partial charge in [0.25, 0.3) is 0 Å². The second-order valence-corrected chi connectivity index (χ2v) is 4.68. The van der Waals surface area contributed by atoms with Gasteiger partial charge in [0.1, 0.15) is 0 Å². The lowest BCUT2D eigenvalue weighted by Crippen LogP contribution is -1.95. The maximum atomic E-state index is 5.38. The molecule has 0 spiro atoms. The smallest absolute Gasteiger partial charge is 0.178 e. The van der Waals surface area contributed by atoms with E-state index in [-0.39, 0.29) is 0 Å². The van der Waals surface area contributed by atoms with E-state index in [1.807, 2.05) is 6.07 Å². The number of para-hydroxylation sites is 2. The van der Waals surface area contributed by atoms with Crippen LogP contribution < -0.4 is 0 Å². The molecule has 0 aliphatic heterocycles. The number of nitrogens with zero attached hydrogens (tertiary/aromatic N) is 1. The van der Waals surface area contributed by atoms with Crippen LogP contribution in [-0.2, 0) is 0 Å². The molecule has 0 radical (unpaired) electrons. The first kappa shape index (κ1) is 9.16. The molecule has 1 saturated carbocycles. The highest BCUT2D eigenvalue weighted by Crippen LogP contribution is 2.46. The Morgan fingerprint density at radius 2 is 2.27 bits per heavy atom. The van der Waals surface area contributed by atoms with Crippen LogP contribution in [0, 0.1) is 10.7 Å². The van der Waals surface area contributed by atoms with Crippen LogP contribution >= 0.6 is 12.2 Å². The standard InChI is InChI=1S/C12H14N2S/c1-2-8-7-11(8)14-10-6-4-3-5-9(10)13-12(14)15/h3-6,8,11H,2,7H2,1H3,(H,13,15). The number of imidazole rings is 1. The first-order valence-corrected chi connectivity index (χ1v) is 5.91. The first-order valence-electron chi connectivity index (χ1n) is 5.50. The molecule has 1 aliphatic rings. The van der Waals surface area contributed by atoms with Crippen LogP contribution in [0.4, 0.5) is 0 Å². The van der Waals surface area contributed by atoms with Gasteiger partial charge in [-0.1, -0.05) is 25.5 Å². The summed E-state index contributed by atoms with van der Waals surface area (Å²) >= 11 is 5.38. The number of benzene rings is 1. The van der Waals surface area contributed by atoms with E-state index in [9.17, 15) is 0 Å². The van der Waals surface area contributed by atoms with Crippen molar-refractivity contribution in [1.29, 1.82) is 0 Å². The Hall–Kier alpha value is -1.09. The third kappa shape index (κ3) is 1.34. The average Bonchev–Trinajstić information content (AvgIpc) is 2.93. The highest BCUT2D eigenvalue weighted by Gasteiger charge is 2.38. The predicted octanol–water partition coefficient (Wildman–Crippen LogP) is 3.67. The number of rotatable bonds is 2. The van der Waals surface area contributed by atoms with Crippen molar-refractivity contribution in [3.8, 4) is 0 Å². The van der Waals surface area contributed by atoms with Gasteiger partial charge in [-0.15, -0.1) is 0 Å². The molecule has 1 aliphatic carbocycles. The van der Waals surface area contributed by atoms with Crippen molar-refractivity contribution in [1.82, 2.24) is 9.55 Å². The Labute approximate surface area is 93.9 Å². The summed E-state index contributed by atoms with van der Waals surface area (Å²) in [5.41, 5.74) is 2.41. The van der Waals surface area contributed by atoms with E-state index in [0.717, 1.165) is 16.2 Å². The second kappa shape index (κ2) is 3.20. The van der Waals surface area contributed by atoms with E-state index in [0.29, 0.717) is 6.04 Å². The summed E-state index contributed by atoms with van der Waals surface area (Å²) in [6, 6.07) is 8.99. The molecule has 1 heterocycles. The van der Waals surface area contributed by atoms with E-state index in [1.54, 1.807) is 0 Å². The Bertz CT molecular complexity index is 552. The van der Waals surface area contributed by atoms with E-state index in [1.165, 1.54) is 18.4 Å². The van der Waals surface area contributed by atoms with Crippen molar-refractivity contribution in [3.63, 3.8) is 0 Å². The SMILES string of the molecule is CCC1CC1n1c(=S)[nH]c2ccccc21. The summed E-state index contributed by atoms with van der Waals surface area (Å²) in [7, 11) is 0. The van der Waals surface area contributed by atoms with Crippen molar-refractivity contribution >= 4 is 23.3 Å². The third-order valence-electron chi connectivity index (χ3n) is 3.37. The molecule has 15 heavy (non-hydrogen) atoms. The molecule has 3 rings (SSSR count). The monoisotopic (exact) mass is 218 g/mol. The number of hydrogen-bond donors (Lipinski definition) is 1. The lowest BCUT2D eigenvalue weighted by molar-refractivity contribution is 0.648. The molecule has 0 bridgehead atoms. The molecule has 1 aromatic heterocycles. The summed E-state index contributed by atoms with van der Waals surface area (Å²) in [5.74, 6) is 0.830. The lowest BCUT2D eigenvalue weighted by Gasteiger charge is -2.02. The van der Waals surface area contributed by atoms with Crippen molar-refractivity contribution in [2.24, 2.45) is 5.92 Å². The van der Waals surface area contributed by atoms with Crippen LogP contribution in [0.2, 0.25) is 0 Å². The molecule has 2 unspecified atom stereocenters. The number of fused-ring (bicyclic) bond motifs is 1. The third-order valence-corrected chi connectivity index (χ3v) is 3.66.